The second kappa shape index (κ2) is 3.19. The van der Waals surface area contributed by atoms with Crippen LogP contribution in [0.15, 0.2) is 17.5 Å². The van der Waals surface area contributed by atoms with Crippen molar-refractivity contribution < 1.29 is 0 Å². The molecule has 1 saturated heterocycles. The second-order valence-electron chi connectivity index (χ2n) is 3.85. The highest BCUT2D eigenvalue weighted by molar-refractivity contribution is 7.09. The summed E-state index contributed by atoms with van der Waals surface area (Å²) in [7, 11) is 0. The van der Waals surface area contributed by atoms with Crippen molar-refractivity contribution in [2.75, 3.05) is 6.54 Å². The van der Waals surface area contributed by atoms with Gasteiger partial charge in [-0.3, -0.25) is 0 Å². The van der Waals surface area contributed by atoms with Gasteiger partial charge in [-0.25, -0.2) is 0 Å². The molecule has 1 N–H and O–H groups in total. The molecule has 1 nitrogen and oxygen atoms in total. The van der Waals surface area contributed by atoms with Gasteiger partial charge in [-0.15, -0.1) is 11.3 Å². The van der Waals surface area contributed by atoms with E-state index in [2.05, 4.69) is 29.8 Å². The van der Waals surface area contributed by atoms with Crippen LogP contribution in [0.3, 0.4) is 0 Å². The standard InChI is InChI=1S/C10H15NS/c1-10(5-3-6-11-10)8-9-4-2-7-12-9/h2,4,7,11H,3,5-6,8H2,1H3. The molecule has 0 spiro atoms. The van der Waals surface area contributed by atoms with Crippen LogP contribution < -0.4 is 5.32 Å². The SMILES string of the molecule is CC1(Cc2cccs2)CCCN1. The molecule has 0 radical (unpaired) electrons. The van der Waals surface area contributed by atoms with Gasteiger partial charge in [0.1, 0.15) is 0 Å². The lowest BCUT2D eigenvalue weighted by atomic mass is 9.95. The summed E-state index contributed by atoms with van der Waals surface area (Å²) in [5.74, 6) is 0. The normalized spacial score (nSPS) is 29.4. The van der Waals surface area contributed by atoms with Gasteiger partial charge in [-0.05, 0) is 44.2 Å². The summed E-state index contributed by atoms with van der Waals surface area (Å²) < 4.78 is 0. The first kappa shape index (κ1) is 8.27. The minimum absolute atomic E-state index is 0.380. The van der Waals surface area contributed by atoms with Crippen molar-refractivity contribution in [1.29, 1.82) is 0 Å². The summed E-state index contributed by atoms with van der Waals surface area (Å²) >= 11 is 1.87. The summed E-state index contributed by atoms with van der Waals surface area (Å²) in [6.45, 7) is 3.53. The van der Waals surface area contributed by atoms with Gasteiger partial charge >= 0.3 is 0 Å². The molecule has 1 unspecified atom stereocenters. The van der Waals surface area contributed by atoms with Gasteiger partial charge in [0.05, 0.1) is 0 Å². The lowest BCUT2D eigenvalue weighted by Crippen LogP contribution is -2.38. The first-order valence-electron chi connectivity index (χ1n) is 4.56. The van der Waals surface area contributed by atoms with Crippen LogP contribution in [-0.2, 0) is 6.42 Å². The van der Waals surface area contributed by atoms with Crippen molar-refractivity contribution in [3.8, 4) is 0 Å². The number of hydrogen-bond donors (Lipinski definition) is 1. The molecule has 0 amide bonds. The Morgan fingerprint density at radius 1 is 1.67 bits per heavy atom. The lowest BCUT2D eigenvalue weighted by Gasteiger charge is -2.23. The molecule has 0 saturated carbocycles. The molecule has 1 aromatic rings. The third-order valence-corrected chi connectivity index (χ3v) is 3.48. The predicted octanol–water partition coefficient (Wildman–Crippen LogP) is 2.43. The Morgan fingerprint density at radius 2 is 2.58 bits per heavy atom. The Kier molecular flexibility index (Phi) is 2.20. The van der Waals surface area contributed by atoms with Gasteiger partial charge in [-0.1, -0.05) is 6.07 Å². The highest BCUT2D eigenvalue weighted by Gasteiger charge is 2.28. The molecule has 1 fully saturated rings. The topological polar surface area (TPSA) is 12.0 Å². The van der Waals surface area contributed by atoms with E-state index >= 15 is 0 Å². The van der Waals surface area contributed by atoms with Crippen molar-refractivity contribution >= 4 is 11.3 Å². The average Bonchev–Trinajstić information content (AvgIpc) is 2.62. The Labute approximate surface area is 77.8 Å². The molecule has 1 aromatic heterocycles. The van der Waals surface area contributed by atoms with Crippen LogP contribution >= 0.6 is 11.3 Å². The summed E-state index contributed by atoms with van der Waals surface area (Å²) in [6, 6.07) is 4.37. The van der Waals surface area contributed by atoms with Crippen LogP contribution in [0.4, 0.5) is 0 Å². The maximum absolute atomic E-state index is 3.58. The molecule has 0 aliphatic carbocycles. The number of thiophene rings is 1. The van der Waals surface area contributed by atoms with E-state index < -0.39 is 0 Å². The van der Waals surface area contributed by atoms with Crippen molar-refractivity contribution in [3.63, 3.8) is 0 Å². The number of hydrogen-bond acceptors (Lipinski definition) is 2. The Bertz CT molecular complexity index is 234. The molecule has 1 aliphatic rings. The zero-order valence-corrected chi connectivity index (χ0v) is 8.29. The van der Waals surface area contributed by atoms with Crippen molar-refractivity contribution in [2.24, 2.45) is 0 Å². The fraction of sp³-hybridized carbons (Fsp3) is 0.600. The van der Waals surface area contributed by atoms with Crippen LogP contribution in [0.2, 0.25) is 0 Å². The fourth-order valence-corrected chi connectivity index (χ4v) is 2.80. The fourth-order valence-electron chi connectivity index (χ4n) is 1.91. The van der Waals surface area contributed by atoms with Crippen LogP contribution in [0.25, 0.3) is 0 Å². The lowest BCUT2D eigenvalue weighted by molar-refractivity contribution is 0.415. The van der Waals surface area contributed by atoms with Crippen LogP contribution in [0.5, 0.6) is 0 Å². The Morgan fingerprint density at radius 3 is 3.17 bits per heavy atom. The largest absolute Gasteiger partial charge is 0.311 e. The zero-order valence-electron chi connectivity index (χ0n) is 7.47. The monoisotopic (exact) mass is 181 g/mol. The molecule has 0 aromatic carbocycles. The molecule has 2 rings (SSSR count). The van der Waals surface area contributed by atoms with Gasteiger partial charge in [-0.2, -0.15) is 0 Å². The van der Waals surface area contributed by atoms with E-state index in [1.807, 2.05) is 11.3 Å². The van der Waals surface area contributed by atoms with Gasteiger partial charge in [0, 0.05) is 10.4 Å². The average molecular weight is 181 g/mol. The molecule has 0 bridgehead atoms. The Hall–Kier alpha value is -0.340. The van der Waals surface area contributed by atoms with Crippen LogP contribution in [0.1, 0.15) is 24.6 Å². The second-order valence-corrected chi connectivity index (χ2v) is 4.88. The first-order valence-corrected chi connectivity index (χ1v) is 5.44. The third-order valence-electron chi connectivity index (χ3n) is 2.60. The number of rotatable bonds is 2. The smallest absolute Gasteiger partial charge is 0.0201 e. The predicted molar refractivity (Wildman–Crippen MR) is 53.7 cm³/mol. The van der Waals surface area contributed by atoms with E-state index in [-0.39, 0.29) is 0 Å². The minimum Gasteiger partial charge on any atom is -0.311 e. The highest BCUT2D eigenvalue weighted by Crippen LogP contribution is 2.25. The third kappa shape index (κ3) is 1.70. The zero-order chi connectivity index (χ0) is 8.44. The van der Waals surface area contributed by atoms with Crippen molar-refractivity contribution in [3.05, 3.63) is 22.4 Å². The van der Waals surface area contributed by atoms with Crippen LogP contribution in [-0.4, -0.2) is 12.1 Å². The molecule has 12 heavy (non-hydrogen) atoms. The van der Waals surface area contributed by atoms with E-state index in [0.717, 1.165) is 0 Å². The minimum atomic E-state index is 0.380. The molecular formula is C10H15NS. The van der Waals surface area contributed by atoms with E-state index in [1.54, 1.807) is 0 Å². The first-order chi connectivity index (χ1) is 5.79. The van der Waals surface area contributed by atoms with Gasteiger partial charge in [0.25, 0.3) is 0 Å². The van der Waals surface area contributed by atoms with E-state index in [0.29, 0.717) is 5.54 Å². The summed E-state index contributed by atoms with van der Waals surface area (Å²) in [5.41, 5.74) is 0.380. The van der Waals surface area contributed by atoms with Crippen LogP contribution in [0, 0.1) is 0 Å². The molecule has 1 atom stereocenters. The molecule has 2 heteroatoms. The molecule has 1 aliphatic heterocycles. The van der Waals surface area contributed by atoms with Gasteiger partial charge in [0.2, 0.25) is 0 Å². The van der Waals surface area contributed by atoms with E-state index in [4.69, 9.17) is 0 Å². The Balaban J connectivity index is 2.02. The van der Waals surface area contributed by atoms with Gasteiger partial charge < -0.3 is 5.32 Å². The quantitative estimate of drug-likeness (QED) is 0.739. The van der Waals surface area contributed by atoms with E-state index in [9.17, 15) is 0 Å². The molecular weight excluding hydrogens is 166 g/mol. The maximum atomic E-state index is 3.58. The van der Waals surface area contributed by atoms with Gasteiger partial charge in [0.15, 0.2) is 0 Å². The summed E-state index contributed by atoms with van der Waals surface area (Å²) in [6.07, 6.45) is 3.86. The van der Waals surface area contributed by atoms with E-state index in [1.165, 1.54) is 30.7 Å². The highest BCUT2D eigenvalue weighted by atomic mass is 32.1. The number of nitrogens with one attached hydrogen (secondary N) is 1. The maximum Gasteiger partial charge on any atom is 0.0201 e. The summed E-state index contributed by atoms with van der Waals surface area (Å²) in [5, 5.41) is 5.74. The van der Waals surface area contributed by atoms with Crippen molar-refractivity contribution in [1.82, 2.24) is 5.32 Å². The molecule has 66 valence electrons. The van der Waals surface area contributed by atoms with Crippen molar-refractivity contribution in [2.45, 2.75) is 31.7 Å². The molecule has 2 heterocycles. The summed E-state index contributed by atoms with van der Waals surface area (Å²) in [4.78, 5) is 1.51.